The number of nitrogen functional groups attached to an aromatic ring is 1. The Kier molecular flexibility index (Phi) is 4.91. The molecule has 4 heteroatoms. The van der Waals surface area contributed by atoms with E-state index in [2.05, 4.69) is 5.32 Å². The fourth-order valence-corrected chi connectivity index (χ4v) is 2.85. The maximum Gasteiger partial charge on any atom is 0.234 e. The zero-order valence-electron chi connectivity index (χ0n) is 12.6. The van der Waals surface area contributed by atoms with Gasteiger partial charge in [-0.25, -0.2) is 0 Å². The smallest absolute Gasteiger partial charge is 0.234 e. The highest BCUT2D eigenvalue weighted by Crippen LogP contribution is 2.25. The van der Waals surface area contributed by atoms with Gasteiger partial charge in [0.05, 0.1) is 5.75 Å². The molecule has 21 heavy (non-hydrogen) atoms. The summed E-state index contributed by atoms with van der Waals surface area (Å²) in [5, 5.41) is 2.96. The van der Waals surface area contributed by atoms with Gasteiger partial charge in [-0.05, 0) is 55.7 Å². The summed E-state index contributed by atoms with van der Waals surface area (Å²) < 4.78 is 0. The van der Waals surface area contributed by atoms with Crippen LogP contribution in [0, 0.1) is 20.8 Å². The number of benzene rings is 2. The van der Waals surface area contributed by atoms with Gasteiger partial charge in [0.2, 0.25) is 5.91 Å². The summed E-state index contributed by atoms with van der Waals surface area (Å²) in [6.07, 6.45) is 0. The van der Waals surface area contributed by atoms with Crippen LogP contribution < -0.4 is 11.1 Å². The predicted molar refractivity (Wildman–Crippen MR) is 90.9 cm³/mol. The molecule has 0 saturated carbocycles. The molecule has 0 spiro atoms. The lowest BCUT2D eigenvalue weighted by Crippen LogP contribution is -2.15. The Morgan fingerprint density at radius 1 is 1.10 bits per heavy atom. The highest BCUT2D eigenvalue weighted by Gasteiger charge is 2.07. The van der Waals surface area contributed by atoms with Crippen LogP contribution in [0.1, 0.15) is 16.7 Å². The van der Waals surface area contributed by atoms with Crippen LogP contribution in [0.4, 0.5) is 11.4 Å². The zero-order chi connectivity index (χ0) is 15.4. The van der Waals surface area contributed by atoms with Gasteiger partial charge in [-0.2, -0.15) is 0 Å². The van der Waals surface area contributed by atoms with Gasteiger partial charge >= 0.3 is 0 Å². The van der Waals surface area contributed by atoms with Crippen molar-refractivity contribution in [2.75, 3.05) is 16.8 Å². The molecule has 2 rings (SSSR count). The van der Waals surface area contributed by atoms with Gasteiger partial charge in [0, 0.05) is 16.3 Å². The second-order valence-electron chi connectivity index (χ2n) is 5.18. The molecule has 110 valence electrons. The van der Waals surface area contributed by atoms with Crippen LogP contribution in [-0.2, 0) is 4.79 Å². The Hall–Kier alpha value is -1.94. The maximum atomic E-state index is 12.1. The zero-order valence-corrected chi connectivity index (χ0v) is 13.4. The van der Waals surface area contributed by atoms with E-state index in [1.807, 2.05) is 57.2 Å². The Bertz CT molecular complexity index is 668. The Labute approximate surface area is 129 Å². The SMILES string of the molecule is Cc1ccc(C)c(NC(=O)CSc2cc(N)ccc2C)c1. The molecule has 3 nitrogen and oxygen atoms in total. The molecule has 2 aromatic rings. The number of amides is 1. The van der Waals surface area contributed by atoms with Crippen molar-refractivity contribution in [2.45, 2.75) is 25.7 Å². The number of rotatable bonds is 4. The number of thioether (sulfide) groups is 1. The highest BCUT2D eigenvalue weighted by atomic mass is 32.2. The van der Waals surface area contributed by atoms with Crippen molar-refractivity contribution in [3.05, 3.63) is 53.1 Å². The third kappa shape index (κ3) is 4.26. The van der Waals surface area contributed by atoms with Crippen molar-refractivity contribution < 1.29 is 4.79 Å². The van der Waals surface area contributed by atoms with E-state index in [0.717, 1.165) is 33.0 Å². The molecule has 3 N–H and O–H groups in total. The Balaban J connectivity index is 1.99. The predicted octanol–water partition coefficient (Wildman–Crippen LogP) is 3.92. The molecule has 0 aromatic heterocycles. The number of carbonyl (C=O) groups excluding carboxylic acids is 1. The van der Waals surface area contributed by atoms with E-state index in [1.165, 1.54) is 11.8 Å². The van der Waals surface area contributed by atoms with Crippen molar-refractivity contribution >= 4 is 29.0 Å². The molecule has 0 aliphatic heterocycles. The number of anilines is 2. The average Bonchev–Trinajstić information content (AvgIpc) is 2.44. The van der Waals surface area contributed by atoms with Gasteiger partial charge in [0.15, 0.2) is 0 Å². The summed E-state index contributed by atoms with van der Waals surface area (Å²) >= 11 is 1.51. The van der Waals surface area contributed by atoms with E-state index < -0.39 is 0 Å². The van der Waals surface area contributed by atoms with Crippen LogP contribution in [0.15, 0.2) is 41.3 Å². The second-order valence-corrected chi connectivity index (χ2v) is 6.20. The summed E-state index contributed by atoms with van der Waals surface area (Å²) in [4.78, 5) is 13.1. The van der Waals surface area contributed by atoms with E-state index in [-0.39, 0.29) is 5.91 Å². The first-order valence-electron chi connectivity index (χ1n) is 6.82. The Morgan fingerprint density at radius 3 is 2.57 bits per heavy atom. The first-order valence-corrected chi connectivity index (χ1v) is 7.80. The lowest BCUT2D eigenvalue weighted by Gasteiger charge is -2.10. The standard InChI is InChI=1S/C17H20N2OS/c1-11-4-5-12(2)15(8-11)19-17(20)10-21-16-9-14(18)7-6-13(16)3/h4-9H,10,18H2,1-3H3,(H,19,20). The molecule has 0 bridgehead atoms. The molecule has 0 saturated heterocycles. The van der Waals surface area contributed by atoms with Gasteiger partial charge in [0.1, 0.15) is 0 Å². The minimum absolute atomic E-state index is 0.00414. The molecule has 0 aliphatic carbocycles. The molecule has 0 heterocycles. The summed E-state index contributed by atoms with van der Waals surface area (Å²) in [6.45, 7) is 6.02. The topological polar surface area (TPSA) is 55.1 Å². The first-order chi connectivity index (χ1) is 9.95. The molecular formula is C17H20N2OS. The van der Waals surface area contributed by atoms with Gasteiger partial charge in [-0.1, -0.05) is 18.2 Å². The molecule has 0 unspecified atom stereocenters. The van der Waals surface area contributed by atoms with Crippen molar-refractivity contribution in [1.82, 2.24) is 0 Å². The van der Waals surface area contributed by atoms with Crippen LogP contribution in [0.25, 0.3) is 0 Å². The van der Waals surface area contributed by atoms with Crippen LogP contribution in [-0.4, -0.2) is 11.7 Å². The quantitative estimate of drug-likeness (QED) is 0.664. The normalized spacial score (nSPS) is 10.4. The summed E-state index contributed by atoms with van der Waals surface area (Å²) in [7, 11) is 0. The number of nitrogens with one attached hydrogen (secondary N) is 1. The molecule has 2 aromatic carbocycles. The minimum atomic E-state index is -0.00414. The van der Waals surface area contributed by atoms with Gasteiger partial charge in [0.25, 0.3) is 0 Å². The molecule has 1 amide bonds. The monoisotopic (exact) mass is 300 g/mol. The highest BCUT2D eigenvalue weighted by molar-refractivity contribution is 8.00. The fraction of sp³-hybridized carbons (Fsp3) is 0.235. The molecule has 0 radical (unpaired) electrons. The molecular weight excluding hydrogens is 280 g/mol. The fourth-order valence-electron chi connectivity index (χ4n) is 1.97. The maximum absolute atomic E-state index is 12.1. The van der Waals surface area contributed by atoms with Crippen LogP contribution in [0.5, 0.6) is 0 Å². The van der Waals surface area contributed by atoms with E-state index in [1.54, 1.807) is 0 Å². The van der Waals surface area contributed by atoms with Gasteiger partial charge < -0.3 is 11.1 Å². The molecule has 0 fully saturated rings. The molecule has 0 atom stereocenters. The molecule has 0 aliphatic rings. The second kappa shape index (κ2) is 6.68. The number of hydrogen-bond acceptors (Lipinski definition) is 3. The van der Waals surface area contributed by atoms with Crippen molar-refractivity contribution in [2.24, 2.45) is 0 Å². The van der Waals surface area contributed by atoms with Crippen molar-refractivity contribution in [1.29, 1.82) is 0 Å². The van der Waals surface area contributed by atoms with Crippen LogP contribution in [0.2, 0.25) is 0 Å². The van der Waals surface area contributed by atoms with E-state index in [9.17, 15) is 4.79 Å². The van der Waals surface area contributed by atoms with Crippen molar-refractivity contribution in [3.63, 3.8) is 0 Å². The summed E-state index contributed by atoms with van der Waals surface area (Å²) in [5.74, 6) is 0.369. The van der Waals surface area contributed by atoms with Gasteiger partial charge in [-0.3, -0.25) is 4.79 Å². The van der Waals surface area contributed by atoms with E-state index in [4.69, 9.17) is 5.73 Å². The lowest BCUT2D eigenvalue weighted by atomic mass is 10.1. The lowest BCUT2D eigenvalue weighted by molar-refractivity contribution is -0.113. The first kappa shape index (κ1) is 15.4. The largest absolute Gasteiger partial charge is 0.399 e. The van der Waals surface area contributed by atoms with Crippen LogP contribution >= 0.6 is 11.8 Å². The number of aryl methyl sites for hydroxylation is 3. The van der Waals surface area contributed by atoms with Crippen molar-refractivity contribution in [3.8, 4) is 0 Å². The number of nitrogens with two attached hydrogens (primary N) is 1. The van der Waals surface area contributed by atoms with E-state index >= 15 is 0 Å². The average molecular weight is 300 g/mol. The van der Waals surface area contributed by atoms with Crippen LogP contribution in [0.3, 0.4) is 0 Å². The Morgan fingerprint density at radius 2 is 1.81 bits per heavy atom. The number of carbonyl (C=O) groups is 1. The number of hydrogen-bond donors (Lipinski definition) is 2. The third-order valence-electron chi connectivity index (χ3n) is 3.24. The summed E-state index contributed by atoms with van der Waals surface area (Å²) in [6, 6.07) is 11.8. The van der Waals surface area contributed by atoms with E-state index in [0.29, 0.717) is 5.75 Å². The summed E-state index contributed by atoms with van der Waals surface area (Å²) in [5.41, 5.74) is 10.7. The van der Waals surface area contributed by atoms with Gasteiger partial charge in [-0.15, -0.1) is 11.8 Å². The third-order valence-corrected chi connectivity index (χ3v) is 4.40. The minimum Gasteiger partial charge on any atom is -0.399 e.